The molecule has 11 rings (SSSR count). The first-order valence-corrected chi connectivity index (χ1v) is 20.0. The minimum Gasteiger partial charge on any atom is -0.355 e. The molecule has 0 spiro atoms. The highest BCUT2D eigenvalue weighted by Gasteiger charge is 2.32. The molecule has 2 aromatic heterocycles. The maximum Gasteiger partial charge on any atom is 0.0620 e. The minimum atomic E-state index is 1.10. The summed E-state index contributed by atoms with van der Waals surface area (Å²) < 4.78 is 2.55. The molecule has 0 atom stereocenters. The molecule has 2 nitrogen and oxygen atoms in total. The van der Waals surface area contributed by atoms with Crippen LogP contribution in [0.2, 0.25) is 0 Å². The van der Waals surface area contributed by atoms with Crippen molar-refractivity contribution in [2.24, 2.45) is 0 Å². The lowest BCUT2D eigenvalue weighted by Crippen LogP contribution is -2.00. The van der Waals surface area contributed by atoms with Gasteiger partial charge in [0.15, 0.2) is 0 Å². The molecular formula is C56H38N2. The fourth-order valence-corrected chi connectivity index (χ4v) is 9.11. The van der Waals surface area contributed by atoms with Gasteiger partial charge in [0.2, 0.25) is 0 Å². The topological polar surface area (TPSA) is 20.7 Å². The predicted molar refractivity (Wildman–Crippen MR) is 245 cm³/mol. The molecule has 11 aromatic rings. The van der Waals surface area contributed by atoms with Crippen LogP contribution in [0, 0.1) is 0 Å². The van der Waals surface area contributed by atoms with E-state index in [-0.39, 0.29) is 0 Å². The van der Waals surface area contributed by atoms with Crippen molar-refractivity contribution in [2.45, 2.75) is 0 Å². The van der Waals surface area contributed by atoms with Gasteiger partial charge in [0, 0.05) is 49.4 Å². The molecule has 0 saturated heterocycles. The normalized spacial score (nSPS) is 11.4. The number of rotatable bonds is 7. The van der Waals surface area contributed by atoms with Gasteiger partial charge in [-0.1, -0.05) is 200 Å². The molecule has 0 amide bonds. The summed E-state index contributed by atoms with van der Waals surface area (Å²) in [7, 11) is 0. The number of para-hydroxylation sites is 1. The molecule has 0 unspecified atom stereocenters. The van der Waals surface area contributed by atoms with Gasteiger partial charge in [-0.05, 0) is 68.8 Å². The average Bonchev–Trinajstić information content (AvgIpc) is 3.86. The number of fused-ring (bicyclic) bond motifs is 4. The van der Waals surface area contributed by atoms with Crippen molar-refractivity contribution in [3.05, 3.63) is 224 Å². The van der Waals surface area contributed by atoms with E-state index in [1.165, 1.54) is 66.1 Å². The SMILES string of the molecule is c1ccc(-c2c(-c3ccccc3)c(-c3ccccc3)c3c(-c4ccccc4)n(-c4ccc5[nH]c6ccccc6c5c4)c(-c4ccccc4)c3c2-c2ccccc2)cc1. The zero-order chi connectivity index (χ0) is 38.4. The van der Waals surface area contributed by atoms with Crippen LogP contribution in [-0.2, 0) is 0 Å². The van der Waals surface area contributed by atoms with Gasteiger partial charge >= 0.3 is 0 Å². The zero-order valence-corrected chi connectivity index (χ0v) is 31.8. The molecule has 0 aliphatic carbocycles. The maximum absolute atomic E-state index is 3.68. The van der Waals surface area contributed by atoms with Crippen LogP contribution >= 0.6 is 0 Å². The van der Waals surface area contributed by atoms with Crippen LogP contribution in [0.15, 0.2) is 224 Å². The van der Waals surface area contributed by atoms with Crippen LogP contribution < -0.4 is 0 Å². The summed E-state index contributed by atoms with van der Waals surface area (Å²) in [6.07, 6.45) is 0. The summed E-state index contributed by atoms with van der Waals surface area (Å²) in [6.45, 7) is 0. The quantitative estimate of drug-likeness (QED) is 0.168. The Morgan fingerprint density at radius 3 is 1.05 bits per heavy atom. The number of aromatic amines is 1. The number of hydrogen-bond acceptors (Lipinski definition) is 0. The lowest BCUT2D eigenvalue weighted by molar-refractivity contribution is 1.11. The zero-order valence-electron chi connectivity index (χ0n) is 31.8. The second-order valence-corrected chi connectivity index (χ2v) is 14.9. The van der Waals surface area contributed by atoms with Gasteiger partial charge in [-0.15, -0.1) is 0 Å². The third kappa shape index (κ3) is 5.50. The fraction of sp³-hybridized carbons (Fsp3) is 0. The molecule has 0 fully saturated rings. The molecule has 2 heterocycles. The summed E-state index contributed by atoms with van der Waals surface area (Å²) in [5, 5.41) is 4.84. The molecule has 0 saturated carbocycles. The van der Waals surface area contributed by atoms with Gasteiger partial charge < -0.3 is 9.55 Å². The van der Waals surface area contributed by atoms with Gasteiger partial charge in [-0.25, -0.2) is 0 Å². The van der Waals surface area contributed by atoms with Crippen LogP contribution in [0.4, 0.5) is 0 Å². The smallest absolute Gasteiger partial charge is 0.0620 e. The Bertz CT molecular complexity index is 3050. The Hall–Kier alpha value is -7.68. The molecule has 0 aliphatic rings. The Kier molecular flexibility index (Phi) is 8.19. The van der Waals surface area contributed by atoms with Crippen LogP contribution in [0.5, 0.6) is 0 Å². The average molecular weight is 739 g/mol. The predicted octanol–water partition coefficient (Wildman–Crippen LogP) is 15.3. The van der Waals surface area contributed by atoms with Crippen LogP contribution in [-0.4, -0.2) is 9.55 Å². The number of nitrogens with one attached hydrogen (secondary N) is 1. The fourth-order valence-electron chi connectivity index (χ4n) is 9.11. The second-order valence-electron chi connectivity index (χ2n) is 14.9. The van der Waals surface area contributed by atoms with Crippen molar-refractivity contribution < 1.29 is 0 Å². The first-order chi connectivity index (χ1) is 28.8. The van der Waals surface area contributed by atoms with Crippen molar-refractivity contribution in [2.75, 3.05) is 0 Å². The number of nitrogens with zero attached hydrogens (tertiary/aromatic N) is 1. The van der Waals surface area contributed by atoms with Gasteiger partial charge in [0.1, 0.15) is 0 Å². The second kappa shape index (κ2) is 14.1. The summed E-state index contributed by atoms with van der Waals surface area (Å²) in [6, 6.07) is 81.6. The summed E-state index contributed by atoms with van der Waals surface area (Å²) in [4.78, 5) is 3.68. The number of H-pyrrole nitrogens is 1. The molecule has 2 heteroatoms. The van der Waals surface area contributed by atoms with Crippen molar-refractivity contribution in [3.63, 3.8) is 0 Å². The molecule has 272 valence electrons. The Balaban J connectivity index is 1.47. The summed E-state index contributed by atoms with van der Waals surface area (Å²) in [5.41, 5.74) is 17.5. The van der Waals surface area contributed by atoms with E-state index in [4.69, 9.17) is 0 Å². The Morgan fingerprint density at radius 1 is 0.276 bits per heavy atom. The van der Waals surface area contributed by atoms with Crippen LogP contribution in [0.3, 0.4) is 0 Å². The molecule has 0 bridgehead atoms. The van der Waals surface area contributed by atoms with Crippen molar-refractivity contribution in [3.8, 4) is 72.7 Å². The van der Waals surface area contributed by atoms with Crippen molar-refractivity contribution in [1.29, 1.82) is 0 Å². The maximum atomic E-state index is 3.68. The van der Waals surface area contributed by atoms with E-state index >= 15 is 0 Å². The van der Waals surface area contributed by atoms with Gasteiger partial charge in [-0.3, -0.25) is 0 Å². The van der Waals surface area contributed by atoms with E-state index in [1.807, 2.05) is 0 Å². The molecule has 58 heavy (non-hydrogen) atoms. The van der Waals surface area contributed by atoms with Crippen molar-refractivity contribution >= 4 is 32.6 Å². The van der Waals surface area contributed by atoms with E-state index in [0.717, 1.165) is 39.2 Å². The number of aromatic nitrogens is 2. The Morgan fingerprint density at radius 2 is 0.621 bits per heavy atom. The lowest BCUT2D eigenvalue weighted by Gasteiger charge is -2.24. The van der Waals surface area contributed by atoms with E-state index < -0.39 is 0 Å². The largest absolute Gasteiger partial charge is 0.355 e. The van der Waals surface area contributed by atoms with E-state index in [1.54, 1.807) is 0 Å². The molecule has 0 radical (unpaired) electrons. The van der Waals surface area contributed by atoms with Gasteiger partial charge in [0.25, 0.3) is 0 Å². The summed E-state index contributed by atoms with van der Waals surface area (Å²) in [5.74, 6) is 0. The monoisotopic (exact) mass is 738 g/mol. The lowest BCUT2D eigenvalue weighted by atomic mass is 9.78. The minimum absolute atomic E-state index is 1.10. The van der Waals surface area contributed by atoms with Crippen molar-refractivity contribution in [1.82, 2.24) is 9.55 Å². The Labute approximate surface area is 338 Å². The highest BCUT2D eigenvalue weighted by Crippen LogP contribution is 2.57. The van der Waals surface area contributed by atoms with E-state index in [9.17, 15) is 0 Å². The highest BCUT2D eigenvalue weighted by atomic mass is 15.0. The molecule has 1 N–H and O–H groups in total. The van der Waals surface area contributed by atoms with E-state index in [2.05, 4.69) is 234 Å². The van der Waals surface area contributed by atoms with Gasteiger partial charge in [0.05, 0.1) is 11.4 Å². The van der Waals surface area contributed by atoms with Crippen LogP contribution in [0.1, 0.15) is 0 Å². The van der Waals surface area contributed by atoms with Crippen LogP contribution in [0.25, 0.3) is 105 Å². The highest BCUT2D eigenvalue weighted by molar-refractivity contribution is 6.26. The summed E-state index contributed by atoms with van der Waals surface area (Å²) >= 11 is 0. The number of hydrogen-bond donors (Lipinski definition) is 1. The molecule has 0 aliphatic heterocycles. The first-order valence-electron chi connectivity index (χ1n) is 20.0. The standard InChI is InChI=1S/C56H38N2/c1-7-21-38(22-8-1)49-50(39-23-9-2-10-24-39)52(41-27-13-4-14-28-41)54-53(51(49)40-25-11-3-12-26-40)55(42-29-15-5-16-30-42)58(56(54)43-31-17-6-18-32-43)44-35-36-48-46(37-44)45-33-19-20-34-47(45)57-48/h1-37,57H. The molecular weight excluding hydrogens is 701 g/mol. The third-order valence-electron chi connectivity index (χ3n) is 11.5. The molecule has 9 aromatic carbocycles. The number of benzene rings is 9. The van der Waals surface area contributed by atoms with E-state index in [0.29, 0.717) is 0 Å². The first kappa shape index (κ1) is 33.6. The third-order valence-corrected chi connectivity index (χ3v) is 11.5. The van der Waals surface area contributed by atoms with Gasteiger partial charge in [-0.2, -0.15) is 0 Å².